The summed E-state index contributed by atoms with van der Waals surface area (Å²) in [4.78, 5) is 22.9. The van der Waals surface area contributed by atoms with Crippen molar-refractivity contribution in [2.75, 3.05) is 20.3 Å². The molecule has 1 aromatic heterocycles. The molecule has 0 spiro atoms. The second-order valence-corrected chi connectivity index (χ2v) is 4.61. The summed E-state index contributed by atoms with van der Waals surface area (Å²) < 4.78 is 6.74. The van der Waals surface area contributed by atoms with Gasteiger partial charge in [-0.05, 0) is 29.0 Å². The minimum absolute atomic E-state index is 0.0528. The van der Waals surface area contributed by atoms with E-state index < -0.39 is 0 Å². The fourth-order valence-corrected chi connectivity index (χ4v) is 1.56. The highest BCUT2D eigenvalue weighted by Gasteiger charge is 2.04. The summed E-state index contributed by atoms with van der Waals surface area (Å²) in [6.07, 6.45) is 2.29. The number of carbonyl (C=O) groups is 1. The lowest BCUT2D eigenvalue weighted by Gasteiger charge is -2.06. The van der Waals surface area contributed by atoms with Crippen molar-refractivity contribution in [3.63, 3.8) is 0 Å². The van der Waals surface area contributed by atoms with E-state index in [0.29, 0.717) is 13.2 Å². The Morgan fingerprint density at radius 3 is 3.06 bits per heavy atom. The predicted octanol–water partition coefficient (Wildman–Crippen LogP) is 0.000600. The first kappa shape index (κ1) is 14.1. The van der Waals surface area contributed by atoms with Gasteiger partial charge in [-0.2, -0.15) is 5.10 Å². The molecule has 0 saturated carbocycles. The van der Waals surface area contributed by atoms with Gasteiger partial charge in [0.25, 0.3) is 5.56 Å². The number of nitrogens with zero attached hydrogens (tertiary/aromatic N) is 2. The van der Waals surface area contributed by atoms with Crippen LogP contribution in [-0.2, 0) is 16.1 Å². The van der Waals surface area contributed by atoms with Gasteiger partial charge in [0.2, 0.25) is 5.91 Å². The molecular weight excluding hydrogens is 337 g/mol. The number of halogens is 1. The van der Waals surface area contributed by atoms with Crippen LogP contribution in [0.3, 0.4) is 0 Å². The fourth-order valence-electron chi connectivity index (χ4n) is 1.17. The van der Waals surface area contributed by atoms with Gasteiger partial charge in [-0.3, -0.25) is 9.59 Å². The van der Waals surface area contributed by atoms with Crippen LogP contribution in [0, 0.1) is 3.57 Å². The van der Waals surface area contributed by atoms with Crippen LogP contribution in [0.5, 0.6) is 0 Å². The molecule has 17 heavy (non-hydrogen) atoms. The maximum atomic E-state index is 11.5. The third kappa shape index (κ3) is 5.26. The van der Waals surface area contributed by atoms with Gasteiger partial charge in [0.05, 0.1) is 6.20 Å². The third-order valence-corrected chi connectivity index (χ3v) is 2.57. The zero-order valence-corrected chi connectivity index (χ0v) is 11.6. The monoisotopic (exact) mass is 351 g/mol. The highest BCUT2D eigenvalue weighted by atomic mass is 127. The molecule has 0 bridgehead atoms. The number of rotatable bonds is 6. The topological polar surface area (TPSA) is 73.2 Å². The van der Waals surface area contributed by atoms with Crippen LogP contribution in [0.2, 0.25) is 0 Å². The summed E-state index contributed by atoms with van der Waals surface area (Å²) in [5.41, 5.74) is -0.274. The molecule has 1 aromatic rings. The summed E-state index contributed by atoms with van der Waals surface area (Å²) in [7, 11) is 1.61. The van der Waals surface area contributed by atoms with E-state index in [2.05, 4.69) is 10.4 Å². The molecular formula is C10H14IN3O3. The van der Waals surface area contributed by atoms with Gasteiger partial charge in [-0.15, -0.1) is 0 Å². The molecule has 1 amide bonds. The van der Waals surface area contributed by atoms with Crippen molar-refractivity contribution in [1.82, 2.24) is 15.1 Å². The molecule has 1 rings (SSSR count). The second-order valence-electron chi connectivity index (χ2n) is 3.37. The molecule has 0 aromatic carbocycles. The average molecular weight is 351 g/mol. The maximum absolute atomic E-state index is 11.5. The summed E-state index contributed by atoms with van der Waals surface area (Å²) in [6, 6.07) is 1.44. The van der Waals surface area contributed by atoms with E-state index in [9.17, 15) is 9.59 Å². The minimum Gasteiger partial charge on any atom is -0.385 e. The largest absolute Gasteiger partial charge is 0.385 e. The SMILES string of the molecule is COCCCNC(=O)Cn1ncc(I)cc1=O. The van der Waals surface area contributed by atoms with E-state index >= 15 is 0 Å². The van der Waals surface area contributed by atoms with Crippen LogP contribution < -0.4 is 10.9 Å². The number of amides is 1. The van der Waals surface area contributed by atoms with Crippen molar-refractivity contribution >= 4 is 28.5 Å². The maximum Gasteiger partial charge on any atom is 0.268 e. The lowest BCUT2D eigenvalue weighted by Crippen LogP contribution is -2.34. The van der Waals surface area contributed by atoms with Gasteiger partial charge in [-0.25, -0.2) is 4.68 Å². The molecule has 1 N–H and O–H groups in total. The molecule has 6 nitrogen and oxygen atoms in total. The van der Waals surface area contributed by atoms with Crippen LogP contribution in [0.15, 0.2) is 17.1 Å². The summed E-state index contributed by atoms with van der Waals surface area (Å²) >= 11 is 2.00. The van der Waals surface area contributed by atoms with Crippen molar-refractivity contribution in [3.8, 4) is 0 Å². The lowest BCUT2D eigenvalue weighted by molar-refractivity contribution is -0.121. The zero-order chi connectivity index (χ0) is 12.7. The van der Waals surface area contributed by atoms with Crippen LogP contribution in [0.25, 0.3) is 0 Å². The van der Waals surface area contributed by atoms with Gasteiger partial charge in [0.1, 0.15) is 6.54 Å². The Labute approximate surface area is 112 Å². The number of methoxy groups -OCH3 is 1. The van der Waals surface area contributed by atoms with Gasteiger partial charge < -0.3 is 10.1 Å². The van der Waals surface area contributed by atoms with Gasteiger partial charge in [0, 0.05) is 29.9 Å². The van der Waals surface area contributed by atoms with E-state index in [-0.39, 0.29) is 18.0 Å². The highest BCUT2D eigenvalue weighted by Crippen LogP contribution is 1.95. The molecule has 1 heterocycles. The molecule has 0 saturated heterocycles. The highest BCUT2D eigenvalue weighted by molar-refractivity contribution is 14.1. The Bertz CT molecular complexity index is 433. The molecule has 0 fully saturated rings. The smallest absolute Gasteiger partial charge is 0.268 e. The molecule has 7 heteroatoms. The molecule has 0 aliphatic rings. The first-order valence-corrected chi connectivity index (χ1v) is 6.19. The van der Waals surface area contributed by atoms with E-state index in [0.717, 1.165) is 14.7 Å². The van der Waals surface area contributed by atoms with E-state index in [4.69, 9.17) is 4.74 Å². The Kier molecular flexibility index (Phi) is 6.12. The number of hydrogen-bond donors (Lipinski definition) is 1. The Balaban J connectivity index is 2.43. The van der Waals surface area contributed by atoms with E-state index in [1.54, 1.807) is 13.3 Å². The predicted molar refractivity (Wildman–Crippen MR) is 70.7 cm³/mol. The standard InChI is InChI=1S/C10H14IN3O3/c1-17-4-2-3-12-9(15)7-14-10(16)5-8(11)6-13-14/h5-6H,2-4,7H2,1H3,(H,12,15). The molecule has 0 unspecified atom stereocenters. The quantitative estimate of drug-likeness (QED) is 0.579. The Hall–Kier alpha value is -0.960. The second kappa shape index (κ2) is 7.38. The molecule has 0 aliphatic heterocycles. The molecule has 94 valence electrons. The van der Waals surface area contributed by atoms with Gasteiger partial charge >= 0.3 is 0 Å². The van der Waals surface area contributed by atoms with Crippen molar-refractivity contribution in [1.29, 1.82) is 0 Å². The molecule has 0 atom stereocenters. The van der Waals surface area contributed by atoms with Crippen LogP contribution in [0.4, 0.5) is 0 Å². The van der Waals surface area contributed by atoms with Crippen LogP contribution in [-0.4, -0.2) is 35.9 Å². The van der Waals surface area contributed by atoms with Crippen LogP contribution in [0.1, 0.15) is 6.42 Å². The number of carbonyl (C=O) groups excluding carboxylic acids is 1. The number of ether oxygens (including phenoxy) is 1. The zero-order valence-electron chi connectivity index (χ0n) is 9.48. The first-order valence-electron chi connectivity index (χ1n) is 5.12. The summed E-state index contributed by atoms with van der Waals surface area (Å²) in [5, 5.41) is 6.56. The van der Waals surface area contributed by atoms with Crippen molar-refractivity contribution < 1.29 is 9.53 Å². The van der Waals surface area contributed by atoms with E-state index in [1.807, 2.05) is 22.6 Å². The number of nitrogens with one attached hydrogen (secondary N) is 1. The number of aromatic nitrogens is 2. The van der Waals surface area contributed by atoms with E-state index in [1.165, 1.54) is 6.07 Å². The van der Waals surface area contributed by atoms with Gasteiger partial charge in [0.15, 0.2) is 0 Å². The lowest BCUT2D eigenvalue weighted by atomic mass is 10.4. The minimum atomic E-state index is -0.274. The summed E-state index contributed by atoms with van der Waals surface area (Å²) in [6.45, 7) is 1.08. The Morgan fingerprint density at radius 2 is 2.41 bits per heavy atom. The molecule has 0 radical (unpaired) electrons. The van der Waals surface area contributed by atoms with Crippen molar-refractivity contribution in [3.05, 3.63) is 26.2 Å². The third-order valence-electron chi connectivity index (χ3n) is 1.98. The van der Waals surface area contributed by atoms with Crippen molar-refractivity contribution in [2.24, 2.45) is 0 Å². The average Bonchev–Trinajstić information content (AvgIpc) is 2.28. The normalized spacial score (nSPS) is 10.2. The molecule has 0 aliphatic carbocycles. The van der Waals surface area contributed by atoms with Crippen LogP contribution >= 0.6 is 22.6 Å². The van der Waals surface area contributed by atoms with Crippen molar-refractivity contribution in [2.45, 2.75) is 13.0 Å². The first-order chi connectivity index (χ1) is 8.13. The Morgan fingerprint density at radius 1 is 1.65 bits per heavy atom. The fraction of sp³-hybridized carbons (Fsp3) is 0.500. The number of hydrogen-bond acceptors (Lipinski definition) is 4. The summed E-state index contributed by atoms with van der Waals surface area (Å²) in [5.74, 6) is -0.225. The van der Waals surface area contributed by atoms with Gasteiger partial charge in [-0.1, -0.05) is 0 Å².